The van der Waals surface area contributed by atoms with Crippen molar-refractivity contribution < 1.29 is 13.9 Å². The molecule has 34 heavy (non-hydrogen) atoms. The number of nitrogens with zero attached hydrogens (tertiary/aromatic N) is 6. The molecule has 4 rings (SSSR count). The van der Waals surface area contributed by atoms with Crippen LogP contribution in [0, 0.1) is 11.6 Å². The molecule has 9 heteroatoms. The van der Waals surface area contributed by atoms with E-state index in [0.29, 0.717) is 12.2 Å². The summed E-state index contributed by atoms with van der Waals surface area (Å²) < 4.78 is 31.4. The lowest BCUT2D eigenvalue weighted by Crippen LogP contribution is -2.38. The third-order valence-electron chi connectivity index (χ3n) is 6.18. The number of tetrazole rings is 1. The standard InChI is InChI=1S/C25H28F2N6O/c1-17(23-11-12-32(29-23)14-18-5-7-19(8-6-18)24(2,3)4)25(34,15-33-16-28-30-31-33)21-10-9-20(26)13-22(21)27/h5-13,16-17,34H,14-15H2,1-4H3/t17-,25+/m0/s1. The van der Waals surface area contributed by atoms with E-state index in [9.17, 15) is 13.9 Å². The molecule has 2 heterocycles. The first-order valence-electron chi connectivity index (χ1n) is 11.1. The van der Waals surface area contributed by atoms with Crippen LogP contribution in [0.25, 0.3) is 0 Å². The van der Waals surface area contributed by atoms with Gasteiger partial charge in [-0.3, -0.25) is 4.68 Å². The summed E-state index contributed by atoms with van der Waals surface area (Å²) in [6, 6.07) is 13.3. The minimum atomic E-state index is -1.78. The molecular weight excluding hydrogens is 438 g/mol. The summed E-state index contributed by atoms with van der Waals surface area (Å²) in [5, 5.41) is 27.4. The summed E-state index contributed by atoms with van der Waals surface area (Å²) >= 11 is 0. The van der Waals surface area contributed by atoms with Gasteiger partial charge < -0.3 is 5.11 Å². The zero-order valence-electron chi connectivity index (χ0n) is 19.7. The van der Waals surface area contributed by atoms with Crippen molar-refractivity contribution in [2.75, 3.05) is 0 Å². The second-order valence-electron chi connectivity index (χ2n) is 9.66. The number of hydrogen-bond acceptors (Lipinski definition) is 5. The molecule has 7 nitrogen and oxygen atoms in total. The number of aliphatic hydroxyl groups is 1. The molecule has 2 aromatic heterocycles. The highest BCUT2D eigenvalue weighted by atomic mass is 19.1. The predicted molar refractivity (Wildman–Crippen MR) is 123 cm³/mol. The van der Waals surface area contributed by atoms with Crippen molar-refractivity contribution in [3.63, 3.8) is 0 Å². The van der Waals surface area contributed by atoms with Crippen LogP contribution in [0.1, 0.15) is 56.0 Å². The smallest absolute Gasteiger partial charge is 0.138 e. The molecule has 0 saturated heterocycles. The van der Waals surface area contributed by atoms with Crippen LogP contribution in [-0.2, 0) is 24.1 Å². The molecule has 0 unspecified atom stereocenters. The highest BCUT2D eigenvalue weighted by Gasteiger charge is 2.41. The van der Waals surface area contributed by atoms with Gasteiger partial charge in [-0.15, -0.1) is 5.10 Å². The average molecular weight is 467 g/mol. The Kier molecular flexibility index (Phi) is 6.31. The molecule has 0 amide bonds. The minimum Gasteiger partial charge on any atom is -0.382 e. The van der Waals surface area contributed by atoms with Gasteiger partial charge >= 0.3 is 0 Å². The normalized spacial score (nSPS) is 14.7. The maximum absolute atomic E-state index is 14.8. The number of rotatable bonds is 7. The van der Waals surface area contributed by atoms with Gasteiger partial charge in [0.2, 0.25) is 0 Å². The van der Waals surface area contributed by atoms with Gasteiger partial charge in [-0.2, -0.15) is 5.10 Å². The third-order valence-corrected chi connectivity index (χ3v) is 6.18. The SMILES string of the molecule is C[C@@H](c1ccn(Cc2ccc(C(C)(C)C)cc2)n1)[C@](O)(Cn1cnnn1)c1ccc(F)cc1F. The first-order valence-corrected chi connectivity index (χ1v) is 11.1. The van der Waals surface area contributed by atoms with Gasteiger partial charge in [-0.1, -0.05) is 58.0 Å². The molecule has 0 aliphatic carbocycles. The van der Waals surface area contributed by atoms with Crippen LogP contribution in [0.15, 0.2) is 61.1 Å². The van der Waals surface area contributed by atoms with Crippen LogP contribution < -0.4 is 0 Å². The summed E-state index contributed by atoms with van der Waals surface area (Å²) in [6.45, 7) is 8.67. The van der Waals surface area contributed by atoms with Gasteiger partial charge in [-0.05, 0) is 39.1 Å². The average Bonchev–Trinajstić information content (AvgIpc) is 3.45. The van der Waals surface area contributed by atoms with Gasteiger partial charge in [0.1, 0.15) is 23.6 Å². The summed E-state index contributed by atoms with van der Waals surface area (Å²) in [7, 11) is 0. The zero-order valence-corrected chi connectivity index (χ0v) is 19.7. The molecule has 0 fully saturated rings. The lowest BCUT2D eigenvalue weighted by molar-refractivity contribution is -0.0128. The second-order valence-corrected chi connectivity index (χ2v) is 9.66. The van der Waals surface area contributed by atoms with Crippen molar-refractivity contribution in [1.29, 1.82) is 0 Å². The molecule has 0 spiro atoms. The van der Waals surface area contributed by atoms with Gasteiger partial charge in [0.25, 0.3) is 0 Å². The Morgan fingerprint density at radius 2 is 1.74 bits per heavy atom. The first-order chi connectivity index (χ1) is 16.1. The molecule has 0 bridgehead atoms. The fraction of sp³-hybridized carbons (Fsp3) is 0.360. The fourth-order valence-corrected chi connectivity index (χ4v) is 4.03. The van der Waals surface area contributed by atoms with Gasteiger partial charge in [0.15, 0.2) is 0 Å². The van der Waals surface area contributed by atoms with Crippen molar-refractivity contribution in [3.8, 4) is 0 Å². The molecule has 0 aliphatic rings. The Bertz CT molecular complexity index is 1250. The van der Waals surface area contributed by atoms with E-state index in [1.54, 1.807) is 17.7 Å². The summed E-state index contributed by atoms with van der Waals surface area (Å²) in [5.74, 6) is -2.22. The van der Waals surface area contributed by atoms with E-state index in [0.717, 1.165) is 17.7 Å². The fourth-order valence-electron chi connectivity index (χ4n) is 4.03. The number of halogens is 2. The molecule has 0 aliphatic heterocycles. The van der Waals surface area contributed by atoms with Crippen LogP contribution in [0.3, 0.4) is 0 Å². The van der Waals surface area contributed by atoms with E-state index in [-0.39, 0.29) is 17.5 Å². The molecule has 2 atom stereocenters. The number of hydrogen-bond donors (Lipinski definition) is 1. The minimum absolute atomic E-state index is 0.0516. The van der Waals surface area contributed by atoms with E-state index in [1.807, 2.05) is 6.20 Å². The maximum atomic E-state index is 14.8. The number of benzene rings is 2. The van der Waals surface area contributed by atoms with E-state index < -0.39 is 23.2 Å². The van der Waals surface area contributed by atoms with E-state index in [1.165, 1.54) is 22.6 Å². The van der Waals surface area contributed by atoms with Gasteiger partial charge in [0.05, 0.1) is 18.8 Å². The van der Waals surface area contributed by atoms with Crippen LogP contribution in [0.2, 0.25) is 0 Å². The van der Waals surface area contributed by atoms with Crippen molar-refractivity contribution in [3.05, 3.63) is 95.1 Å². The Morgan fingerprint density at radius 1 is 1.00 bits per heavy atom. The van der Waals surface area contributed by atoms with Crippen LogP contribution in [-0.4, -0.2) is 35.1 Å². The summed E-state index contributed by atoms with van der Waals surface area (Å²) in [5.41, 5.74) is 1.14. The Morgan fingerprint density at radius 3 is 2.35 bits per heavy atom. The molecule has 4 aromatic rings. The van der Waals surface area contributed by atoms with Crippen LogP contribution in [0.5, 0.6) is 0 Å². The lowest BCUT2D eigenvalue weighted by Gasteiger charge is -2.33. The molecule has 178 valence electrons. The monoisotopic (exact) mass is 466 g/mol. The molecule has 1 N–H and O–H groups in total. The molecular formula is C25H28F2N6O. The van der Waals surface area contributed by atoms with Crippen LogP contribution >= 0.6 is 0 Å². The predicted octanol–water partition coefficient (Wildman–Crippen LogP) is 4.19. The zero-order chi connectivity index (χ0) is 24.5. The quantitative estimate of drug-likeness (QED) is 0.442. The highest BCUT2D eigenvalue weighted by Crippen LogP contribution is 2.39. The second kappa shape index (κ2) is 9.06. The molecule has 0 radical (unpaired) electrons. The summed E-state index contributed by atoms with van der Waals surface area (Å²) in [4.78, 5) is 0. The largest absolute Gasteiger partial charge is 0.382 e. The van der Waals surface area contributed by atoms with Crippen molar-refractivity contribution in [1.82, 2.24) is 30.0 Å². The lowest BCUT2D eigenvalue weighted by atomic mass is 9.80. The maximum Gasteiger partial charge on any atom is 0.138 e. The summed E-state index contributed by atoms with van der Waals surface area (Å²) in [6.07, 6.45) is 3.15. The first kappa shape index (κ1) is 23.7. The van der Waals surface area contributed by atoms with Gasteiger partial charge in [0, 0.05) is 23.7 Å². The topological polar surface area (TPSA) is 81.6 Å². The number of aromatic nitrogens is 6. The van der Waals surface area contributed by atoms with Crippen molar-refractivity contribution >= 4 is 0 Å². The molecule has 0 saturated carbocycles. The Balaban J connectivity index is 1.62. The van der Waals surface area contributed by atoms with Crippen LogP contribution in [0.4, 0.5) is 8.78 Å². The van der Waals surface area contributed by atoms with Crippen molar-refractivity contribution in [2.24, 2.45) is 0 Å². The van der Waals surface area contributed by atoms with E-state index in [2.05, 4.69) is 65.7 Å². The highest BCUT2D eigenvalue weighted by molar-refractivity contribution is 5.30. The van der Waals surface area contributed by atoms with E-state index in [4.69, 9.17) is 0 Å². The Labute approximate surface area is 197 Å². The Hall–Kier alpha value is -3.46. The van der Waals surface area contributed by atoms with Crippen molar-refractivity contribution in [2.45, 2.75) is 57.7 Å². The molecule has 2 aromatic carbocycles. The van der Waals surface area contributed by atoms with E-state index >= 15 is 0 Å². The van der Waals surface area contributed by atoms with Gasteiger partial charge in [-0.25, -0.2) is 13.5 Å². The third kappa shape index (κ3) is 4.89.